The van der Waals surface area contributed by atoms with Crippen LogP contribution in [0, 0.1) is 5.92 Å². The molecule has 0 spiro atoms. The summed E-state index contributed by atoms with van der Waals surface area (Å²) in [6.45, 7) is 2.60. The fourth-order valence-electron chi connectivity index (χ4n) is 1.91. The van der Waals surface area contributed by atoms with E-state index in [0.29, 0.717) is 11.5 Å². The maximum absolute atomic E-state index is 12.8. The van der Waals surface area contributed by atoms with Crippen molar-refractivity contribution in [2.24, 2.45) is 5.92 Å². The first kappa shape index (κ1) is 12.4. The van der Waals surface area contributed by atoms with Gasteiger partial charge in [0.05, 0.1) is 5.56 Å². The number of halogens is 3. The van der Waals surface area contributed by atoms with Crippen molar-refractivity contribution in [3.63, 3.8) is 0 Å². The van der Waals surface area contributed by atoms with Crippen LogP contribution in [-0.4, -0.2) is 6.54 Å². The van der Waals surface area contributed by atoms with Crippen LogP contribution < -0.4 is 5.32 Å². The number of hydrogen-bond donors (Lipinski definition) is 1. The summed E-state index contributed by atoms with van der Waals surface area (Å²) in [6.07, 6.45) is -1.88. The molecule has 0 saturated heterocycles. The SMILES string of the molecule is CC(NCC1CC1)c1ccccc1C(F)(F)F. The summed E-state index contributed by atoms with van der Waals surface area (Å²) in [7, 11) is 0. The lowest BCUT2D eigenvalue weighted by atomic mass is 10.0. The van der Waals surface area contributed by atoms with E-state index in [0.717, 1.165) is 12.6 Å². The molecule has 0 radical (unpaired) electrons. The lowest BCUT2D eigenvalue weighted by Gasteiger charge is -2.19. The molecule has 1 unspecified atom stereocenters. The van der Waals surface area contributed by atoms with Crippen molar-refractivity contribution in [3.05, 3.63) is 35.4 Å². The van der Waals surface area contributed by atoms with Crippen LogP contribution in [0.15, 0.2) is 24.3 Å². The summed E-state index contributed by atoms with van der Waals surface area (Å²) in [6, 6.07) is 5.52. The Morgan fingerprint density at radius 3 is 2.53 bits per heavy atom. The predicted octanol–water partition coefficient (Wildman–Crippen LogP) is 3.77. The Kier molecular flexibility index (Phi) is 3.43. The van der Waals surface area contributed by atoms with Gasteiger partial charge in [-0.2, -0.15) is 13.2 Å². The molecule has 1 fully saturated rings. The van der Waals surface area contributed by atoms with E-state index in [1.807, 2.05) is 0 Å². The normalized spacial score (nSPS) is 18.1. The molecule has 1 N–H and O–H groups in total. The summed E-state index contributed by atoms with van der Waals surface area (Å²) < 4.78 is 38.4. The van der Waals surface area contributed by atoms with Crippen molar-refractivity contribution >= 4 is 0 Å². The van der Waals surface area contributed by atoms with Crippen LogP contribution in [0.25, 0.3) is 0 Å². The zero-order valence-electron chi connectivity index (χ0n) is 9.72. The molecule has 17 heavy (non-hydrogen) atoms. The standard InChI is InChI=1S/C13H16F3N/c1-9(17-8-10-6-7-10)11-4-2-3-5-12(11)13(14,15)16/h2-5,9-10,17H,6-8H2,1H3. The minimum atomic E-state index is -4.27. The van der Waals surface area contributed by atoms with Gasteiger partial charge in [0.25, 0.3) is 0 Å². The molecular weight excluding hydrogens is 227 g/mol. The minimum Gasteiger partial charge on any atom is -0.310 e. The molecule has 1 aromatic rings. The Labute approximate surface area is 99.0 Å². The van der Waals surface area contributed by atoms with Gasteiger partial charge >= 0.3 is 6.18 Å². The molecule has 0 aromatic heterocycles. The van der Waals surface area contributed by atoms with Crippen molar-refractivity contribution in [1.82, 2.24) is 5.32 Å². The molecule has 0 heterocycles. The highest BCUT2D eigenvalue weighted by molar-refractivity contribution is 5.32. The number of rotatable bonds is 4. The summed E-state index contributed by atoms with van der Waals surface area (Å²) in [4.78, 5) is 0. The number of nitrogens with one attached hydrogen (secondary N) is 1. The van der Waals surface area contributed by atoms with Gasteiger partial charge in [0.15, 0.2) is 0 Å². The van der Waals surface area contributed by atoms with Crippen LogP contribution in [0.5, 0.6) is 0 Å². The third kappa shape index (κ3) is 3.22. The van der Waals surface area contributed by atoms with Gasteiger partial charge in [-0.05, 0) is 43.9 Å². The quantitative estimate of drug-likeness (QED) is 0.848. The van der Waals surface area contributed by atoms with E-state index in [1.165, 1.54) is 18.9 Å². The monoisotopic (exact) mass is 243 g/mol. The lowest BCUT2D eigenvalue weighted by molar-refractivity contribution is -0.138. The average Bonchev–Trinajstić information content (AvgIpc) is 3.08. The zero-order valence-corrected chi connectivity index (χ0v) is 9.72. The highest BCUT2D eigenvalue weighted by Crippen LogP contribution is 2.35. The van der Waals surface area contributed by atoms with E-state index in [-0.39, 0.29) is 6.04 Å². The molecule has 0 aliphatic heterocycles. The molecule has 1 aliphatic rings. The van der Waals surface area contributed by atoms with Gasteiger partial charge in [-0.3, -0.25) is 0 Å². The Balaban J connectivity index is 2.12. The smallest absolute Gasteiger partial charge is 0.310 e. The van der Waals surface area contributed by atoms with Crippen LogP contribution in [0.4, 0.5) is 13.2 Å². The van der Waals surface area contributed by atoms with Crippen molar-refractivity contribution in [2.45, 2.75) is 32.0 Å². The Hall–Kier alpha value is -1.03. The second-order valence-electron chi connectivity index (χ2n) is 4.66. The molecule has 1 aliphatic carbocycles. The largest absolute Gasteiger partial charge is 0.416 e. The molecule has 4 heteroatoms. The van der Waals surface area contributed by atoms with Gasteiger partial charge in [0, 0.05) is 6.04 Å². The Morgan fingerprint density at radius 2 is 1.94 bits per heavy atom. The van der Waals surface area contributed by atoms with Gasteiger partial charge in [-0.25, -0.2) is 0 Å². The third-order valence-electron chi connectivity index (χ3n) is 3.14. The molecule has 1 aromatic carbocycles. The molecule has 1 nitrogen and oxygen atoms in total. The minimum absolute atomic E-state index is 0.256. The molecule has 1 saturated carbocycles. The molecular formula is C13H16F3N. The van der Waals surface area contributed by atoms with Gasteiger partial charge < -0.3 is 5.32 Å². The summed E-state index contributed by atoms with van der Waals surface area (Å²) in [5.41, 5.74) is -0.198. The summed E-state index contributed by atoms with van der Waals surface area (Å²) in [5.74, 6) is 0.662. The molecule has 0 bridgehead atoms. The second kappa shape index (κ2) is 4.69. The first-order valence-corrected chi connectivity index (χ1v) is 5.88. The lowest BCUT2D eigenvalue weighted by Crippen LogP contribution is -2.23. The van der Waals surface area contributed by atoms with Crippen LogP contribution in [0.3, 0.4) is 0 Å². The number of benzene rings is 1. The second-order valence-corrected chi connectivity index (χ2v) is 4.66. The highest BCUT2D eigenvalue weighted by Gasteiger charge is 2.34. The maximum atomic E-state index is 12.8. The van der Waals surface area contributed by atoms with Crippen molar-refractivity contribution in [1.29, 1.82) is 0 Å². The van der Waals surface area contributed by atoms with E-state index in [4.69, 9.17) is 0 Å². The van der Waals surface area contributed by atoms with Gasteiger partial charge in [-0.15, -0.1) is 0 Å². The summed E-state index contributed by atoms with van der Waals surface area (Å²) >= 11 is 0. The van der Waals surface area contributed by atoms with E-state index in [9.17, 15) is 13.2 Å². The van der Waals surface area contributed by atoms with Gasteiger partial charge in [-0.1, -0.05) is 18.2 Å². The predicted molar refractivity (Wildman–Crippen MR) is 60.6 cm³/mol. The number of alkyl halides is 3. The van der Waals surface area contributed by atoms with Gasteiger partial charge in [0.1, 0.15) is 0 Å². The fourth-order valence-corrected chi connectivity index (χ4v) is 1.91. The highest BCUT2D eigenvalue weighted by atomic mass is 19.4. The first-order valence-electron chi connectivity index (χ1n) is 5.88. The van der Waals surface area contributed by atoms with Crippen molar-refractivity contribution < 1.29 is 13.2 Å². The molecule has 1 atom stereocenters. The number of hydrogen-bond acceptors (Lipinski definition) is 1. The van der Waals surface area contributed by atoms with Crippen molar-refractivity contribution in [2.75, 3.05) is 6.54 Å². The molecule has 2 rings (SSSR count). The topological polar surface area (TPSA) is 12.0 Å². The Bertz CT molecular complexity index is 382. The summed E-state index contributed by atoms with van der Waals surface area (Å²) in [5, 5.41) is 3.17. The Morgan fingerprint density at radius 1 is 1.29 bits per heavy atom. The van der Waals surface area contributed by atoms with E-state index < -0.39 is 11.7 Å². The van der Waals surface area contributed by atoms with Crippen LogP contribution in [0.1, 0.15) is 36.9 Å². The van der Waals surface area contributed by atoms with Crippen LogP contribution in [0.2, 0.25) is 0 Å². The maximum Gasteiger partial charge on any atom is 0.416 e. The van der Waals surface area contributed by atoms with E-state index in [2.05, 4.69) is 5.32 Å². The molecule has 0 amide bonds. The zero-order chi connectivity index (χ0) is 12.5. The van der Waals surface area contributed by atoms with E-state index in [1.54, 1.807) is 19.1 Å². The van der Waals surface area contributed by atoms with Crippen LogP contribution >= 0.6 is 0 Å². The van der Waals surface area contributed by atoms with Crippen molar-refractivity contribution in [3.8, 4) is 0 Å². The fraction of sp³-hybridized carbons (Fsp3) is 0.538. The third-order valence-corrected chi connectivity index (χ3v) is 3.14. The van der Waals surface area contributed by atoms with Gasteiger partial charge in [0.2, 0.25) is 0 Å². The van der Waals surface area contributed by atoms with Crippen LogP contribution in [-0.2, 0) is 6.18 Å². The first-order chi connectivity index (χ1) is 7.98. The van der Waals surface area contributed by atoms with E-state index >= 15 is 0 Å². The molecule has 94 valence electrons. The average molecular weight is 243 g/mol.